The van der Waals surface area contributed by atoms with E-state index in [0.717, 1.165) is 87.7 Å². The Morgan fingerprint density at radius 1 is 0.574 bits per heavy atom. The molecule has 3 aromatic heterocycles. The fraction of sp³-hybridized carbons (Fsp3) is 0.161. The first-order valence-electron chi connectivity index (χ1n) is 21.3. The molecule has 0 bridgehead atoms. The van der Waals surface area contributed by atoms with Crippen LogP contribution in [0.4, 0.5) is 0 Å². The maximum absolute atomic E-state index is 12.1. The predicted octanol–water partition coefficient (Wildman–Crippen LogP) is 14.9. The highest BCUT2D eigenvalue weighted by atomic mass is 32.1. The summed E-state index contributed by atoms with van der Waals surface area (Å²) in [6.45, 7) is 12.9. The van der Waals surface area contributed by atoms with Crippen LogP contribution in [0.15, 0.2) is 176 Å². The van der Waals surface area contributed by atoms with E-state index < -0.39 is 5.89 Å². The molecule has 3 heterocycles. The summed E-state index contributed by atoms with van der Waals surface area (Å²) in [7, 11) is 0. The van der Waals surface area contributed by atoms with Gasteiger partial charge < -0.3 is 5.11 Å². The van der Waals surface area contributed by atoms with Gasteiger partial charge in [-0.25, -0.2) is 4.98 Å². The van der Waals surface area contributed by atoms with Gasteiger partial charge >= 0.3 is 0 Å². The molecule has 0 amide bonds. The summed E-state index contributed by atoms with van der Waals surface area (Å²) in [5.41, 5.74) is 13.9. The monoisotopic (exact) mass is 812 g/mol. The van der Waals surface area contributed by atoms with Crippen molar-refractivity contribution in [2.75, 3.05) is 0 Å². The number of fused-ring (bicyclic) bond motifs is 1. The molecule has 0 saturated heterocycles. The molecular weight excluding hydrogens is 763 g/mol. The number of thiazole rings is 1. The Bertz CT molecular complexity index is 3030. The van der Waals surface area contributed by atoms with Gasteiger partial charge in [0.05, 0.1) is 21.5 Å². The second-order valence-corrected chi connectivity index (χ2v) is 18.4. The smallest absolute Gasteiger partial charge is 0.129 e. The van der Waals surface area contributed by atoms with Crippen LogP contribution < -0.4 is 0 Å². The lowest BCUT2D eigenvalue weighted by atomic mass is 9.76. The molecule has 0 aliphatic rings. The summed E-state index contributed by atoms with van der Waals surface area (Å²) in [5, 5.41) is 12.8. The number of hydrogen-bond donors (Lipinski definition) is 1. The van der Waals surface area contributed by atoms with Crippen molar-refractivity contribution in [2.45, 2.75) is 58.3 Å². The zero-order valence-electron chi connectivity index (χ0n) is 36.4. The van der Waals surface area contributed by atoms with Gasteiger partial charge in [0, 0.05) is 48.0 Å². The van der Waals surface area contributed by atoms with Crippen LogP contribution in [-0.2, 0) is 10.8 Å². The Morgan fingerprint density at radius 2 is 1.18 bits per heavy atom. The number of aromatic hydroxyl groups is 1. The minimum atomic E-state index is -0.995. The number of phenols is 1. The summed E-state index contributed by atoms with van der Waals surface area (Å²) >= 11 is 1.61. The van der Waals surface area contributed by atoms with Crippen LogP contribution in [-0.4, -0.2) is 20.1 Å². The van der Waals surface area contributed by atoms with Crippen molar-refractivity contribution in [3.8, 4) is 61.0 Å². The zero-order valence-corrected chi connectivity index (χ0v) is 36.3. The van der Waals surface area contributed by atoms with Gasteiger partial charge in [-0.15, -0.1) is 11.3 Å². The fourth-order valence-corrected chi connectivity index (χ4v) is 9.25. The molecule has 6 aromatic carbocycles. The van der Waals surface area contributed by atoms with Gasteiger partial charge in [-0.3, -0.25) is 9.97 Å². The molecule has 61 heavy (non-hydrogen) atoms. The maximum Gasteiger partial charge on any atom is 0.129 e. The van der Waals surface area contributed by atoms with Crippen LogP contribution in [0.3, 0.4) is 0 Å². The van der Waals surface area contributed by atoms with Crippen molar-refractivity contribution in [3.63, 3.8) is 0 Å². The van der Waals surface area contributed by atoms with Crippen LogP contribution >= 0.6 is 11.3 Å². The average Bonchev–Trinajstić information content (AvgIpc) is 3.73. The first-order chi connectivity index (χ1) is 29.8. The number of hydrogen-bond acceptors (Lipinski definition) is 5. The third-order valence-corrected chi connectivity index (χ3v) is 13.0. The zero-order chi connectivity index (χ0) is 43.2. The van der Waals surface area contributed by atoms with E-state index in [1.165, 1.54) is 5.56 Å². The summed E-state index contributed by atoms with van der Waals surface area (Å²) in [6.07, 6.45) is 5.29. The van der Waals surface area contributed by atoms with Crippen molar-refractivity contribution in [2.24, 2.45) is 0 Å². The third kappa shape index (κ3) is 7.90. The van der Waals surface area contributed by atoms with Crippen LogP contribution in [0.2, 0.25) is 0 Å². The summed E-state index contributed by atoms with van der Waals surface area (Å²) in [5.74, 6) is -0.733. The van der Waals surface area contributed by atoms with Crippen LogP contribution in [0.1, 0.15) is 76.6 Å². The molecule has 300 valence electrons. The van der Waals surface area contributed by atoms with Gasteiger partial charge in [-0.05, 0) is 110 Å². The van der Waals surface area contributed by atoms with Crippen LogP contribution in [0.25, 0.3) is 65.4 Å². The maximum atomic E-state index is 12.1. The van der Waals surface area contributed by atoms with Crippen molar-refractivity contribution in [1.29, 1.82) is 0 Å². The van der Waals surface area contributed by atoms with Crippen molar-refractivity contribution in [1.82, 2.24) is 15.0 Å². The third-order valence-electron chi connectivity index (χ3n) is 11.9. The number of nitrogens with zero attached hydrogens (tertiary/aromatic N) is 3. The van der Waals surface area contributed by atoms with Gasteiger partial charge in [-0.1, -0.05) is 145 Å². The minimum absolute atomic E-state index is 0.261. The lowest BCUT2D eigenvalue weighted by Crippen LogP contribution is -2.19. The standard InChI is InChI=1S/C56H49N3OS/c1-36(37-24-26-57-27-25-37)40-22-23-50(58-35-40)44-28-43(29-46(30-44)56(5,6)45-20-14-9-15-21-45)47-31-42(39-18-12-8-13-19-39)34-51-52(47)59-54(61-51)48-32-41(38-16-10-7-11-17-38)33-49(53(48)60)55(2,3)4/h7-36,60H,1-6H3/i36D. The first-order valence-corrected chi connectivity index (χ1v) is 21.6. The Balaban J connectivity index is 1.27. The van der Waals surface area contributed by atoms with Gasteiger partial charge in [0.2, 0.25) is 0 Å². The number of phenolic OH excluding ortho intramolecular Hbond substituents is 1. The molecule has 1 atom stereocenters. The molecule has 0 saturated carbocycles. The van der Waals surface area contributed by atoms with E-state index in [1.54, 1.807) is 23.7 Å². The molecule has 4 nitrogen and oxygen atoms in total. The molecule has 0 spiro atoms. The van der Waals surface area contributed by atoms with E-state index in [2.05, 4.69) is 149 Å². The molecule has 9 aromatic rings. The molecule has 1 unspecified atom stereocenters. The van der Waals surface area contributed by atoms with E-state index in [-0.39, 0.29) is 16.6 Å². The lowest BCUT2D eigenvalue weighted by Gasteiger charge is -2.27. The van der Waals surface area contributed by atoms with Gasteiger partial charge in [0.1, 0.15) is 10.8 Å². The Hall–Kier alpha value is -6.69. The predicted molar refractivity (Wildman–Crippen MR) is 255 cm³/mol. The molecular formula is C56H49N3OS. The van der Waals surface area contributed by atoms with E-state index >= 15 is 0 Å². The summed E-state index contributed by atoms with van der Waals surface area (Å²) in [4.78, 5) is 14.7. The largest absolute Gasteiger partial charge is 0.507 e. The average molecular weight is 813 g/mol. The summed E-state index contributed by atoms with van der Waals surface area (Å²) in [6, 6.07) is 54.8. The molecule has 0 aliphatic heterocycles. The first kappa shape index (κ1) is 38.5. The molecule has 9 rings (SSSR count). The Kier molecular flexibility index (Phi) is 10.1. The fourth-order valence-electron chi connectivity index (χ4n) is 8.20. The molecule has 0 aliphatic carbocycles. The van der Waals surface area contributed by atoms with Crippen molar-refractivity contribution < 1.29 is 6.48 Å². The van der Waals surface area contributed by atoms with E-state index in [0.29, 0.717) is 0 Å². The van der Waals surface area contributed by atoms with E-state index in [1.807, 2.05) is 61.7 Å². The topological polar surface area (TPSA) is 58.9 Å². The van der Waals surface area contributed by atoms with E-state index in [9.17, 15) is 6.48 Å². The lowest BCUT2D eigenvalue weighted by molar-refractivity contribution is 0.449. The molecule has 1 N–H and O–H groups in total. The molecule has 5 heteroatoms. The highest BCUT2D eigenvalue weighted by Crippen LogP contribution is 2.47. The number of pyridine rings is 2. The molecule has 0 fully saturated rings. The SMILES string of the molecule is [2H]C(C)(c1ccncc1)c1ccc(-c2cc(-c3cc(-c4ccccc4)cc4sc(-c5cc(-c6ccccc6)cc(C(C)(C)C)c5O)nc34)cc(C(C)(C)c3ccccc3)c2)nc1. The Morgan fingerprint density at radius 3 is 1.80 bits per heavy atom. The Labute approximate surface area is 364 Å². The normalized spacial score (nSPS) is 13.2. The number of benzene rings is 6. The number of rotatable bonds is 9. The quantitative estimate of drug-likeness (QED) is 0.158. The summed E-state index contributed by atoms with van der Waals surface area (Å²) < 4.78 is 10.3. The van der Waals surface area contributed by atoms with Crippen molar-refractivity contribution in [3.05, 3.63) is 204 Å². The second-order valence-electron chi connectivity index (χ2n) is 17.4. The van der Waals surface area contributed by atoms with E-state index in [4.69, 9.17) is 9.97 Å². The van der Waals surface area contributed by atoms with Gasteiger partial charge in [-0.2, -0.15) is 0 Å². The van der Waals surface area contributed by atoms with Crippen molar-refractivity contribution >= 4 is 21.6 Å². The highest BCUT2D eigenvalue weighted by molar-refractivity contribution is 7.21. The molecule has 0 radical (unpaired) electrons. The number of aromatic nitrogens is 3. The van der Waals surface area contributed by atoms with Crippen LogP contribution in [0.5, 0.6) is 5.75 Å². The minimum Gasteiger partial charge on any atom is -0.507 e. The van der Waals surface area contributed by atoms with Gasteiger partial charge in [0.25, 0.3) is 0 Å². The van der Waals surface area contributed by atoms with Gasteiger partial charge in [0.15, 0.2) is 0 Å². The highest BCUT2D eigenvalue weighted by Gasteiger charge is 2.27. The second kappa shape index (κ2) is 16.1. The van der Waals surface area contributed by atoms with Crippen LogP contribution in [0, 0.1) is 0 Å².